The van der Waals surface area contributed by atoms with Gasteiger partial charge in [-0.25, -0.2) is 0 Å². The molecule has 21 heavy (non-hydrogen) atoms. The molecule has 0 atom stereocenters. The van der Waals surface area contributed by atoms with Gasteiger partial charge in [0.15, 0.2) is 0 Å². The van der Waals surface area contributed by atoms with Crippen molar-refractivity contribution >= 4 is 21.6 Å². The van der Waals surface area contributed by atoms with E-state index in [1.165, 1.54) is 0 Å². The van der Waals surface area contributed by atoms with Crippen LogP contribution < -0.4 is 0 Å². The molecule has 1 N–H and O–H groups in total. The van der Waals surface area contributed by atoms with Gasteiger partial charge >= 0.3 is 0 Å². The summed E-state index contributed by atoms with van der Waals surface area (Å²) in [5.41, 5.74) is 1.88. The van der Waals surface area contributed by atoms with Crippen LogP contribution in [-0.2, 0) is 0 Å². The van der Waals surface area contributed by atoms with Crippen molar-refractivity contribution in [2.24, 2.45) is 0 Å². The molecule has 1 aliphatic carbocycles. The van der Waals surface area contributed by atoms with Gasteiger partial charge in [-0.3, -0.25) is 4.98 Å². The van der Waals surface area contributed by atoms with Gasteiger partial charge in [-0.05, 0) is 43.2 Å². The summed E-state index contributed by atoms with van der Waals surface area (Å²) in [6.45, 7) is 0. The first-order chi connectivity index (χ1) is 10.3. The highest BCUT2D eigenvalue weighted by atomic mass is 32.1. The lowest BCUT2D eigenvalue weighted by atomic mass is 9.87. The molecule has 1 saturated carbocycles. The molecule has 3 aromatic heterocycles. The van der Waals surface area contributed by atoms with Crippen LogP contribution in [0.4, 0.5) is 0 Å². The van der Waals surface area contributed by atoms with Crippen LogP contribution in [0.15, 0.2) is 28.2 Å². The number of aliphatic hydroxyl groups is 1. The van der Waals surface area contributed by atoms with E-state index in [1.807, 2.05) is 17.5 Å². The number of pyridine rings is 1. The van der Waals surface area contributed by atoms with Crippen LogP contribution in [0.3, 0.4) is 0 Å². The molecule has 108 valence electrons. The predicted molar refractivity (Wildman–Crippen MR) is 80.1 cm³/mol. The Morgan fingerprint density at radius 1 is 1.24 bits per heavy atom. The molecule has 0 bridgehead atoms. The number of thiophene rings is 1. The van der Waals surface area contributed by atoms with E-state index in [4.69, 9.17) is 4.52 Å². The first kappa shape index (κ1) is 12.9. The minimum absolute atomic E-state index is 0.172. The van der Waals surface area contributed by atoms with Crippen LogP contribution >= 0.6 is 11.3 Å². The highest BCUT2D eigenvalue weighted by Gasteiger charge is 2.25. The standard InChI is InChI=1S/C15H15N3O2S/c19-11-3-1-9(2-4-11)15-17-14(18-20-15)10-7-13-12(16-8-10)5-6-21-13/h5-9,11,19H,1-4H2. The van der Waals surface area contributed by atoms with Crippen molar-refractivity contribution in [3.05, 3.63) is 29.6 Å². The fraction of sp³-hybridized carbons (Fsp3) is 0.400. The van der Waals surface area contributed by atoms with Crippen LogP contribution in [0.2, 0.25) is 0 Å². The van der Waals surface area contributed by atoms with Crippen molar-refractivity contribution in [1.82, 2.24) is 15.1 Å². The van der Waals surface area contributed by atoms with Crippen molar-refractivity contribution in [3.63, 3.8) is 0 Å². The largest absolute Gasteiger partial charge is 0.393 e. The Kier molecular flexibility index (Phi) is 3.20. The third-order valence-corrected chi connectivity index (χ3v) is 4.90. The monoisotopic (exact) mass is 301 g/mol. The molecule has 1 aliphatic rings. The molecule has 1 fully saturated rings. The Morgan fingerprint density at radius 2 is 2.10 bits per heavy atom. The quantitative estimate of drug-likeness (QED) is 0.785. The van der Waals surface area contributed by atoms with Crippen molar-refractivity contribution in [3.8, 4) is 11.4 Å². The smallest absolute Gasteiger partial charge is 0.230 e. The van der Waals surface area contributed by atoms with Gasteiger partial charge in [0, 0.05) is 17.7 Å². The third-order valence-electron chi connectivity index (χ3n) is 4.05. The Bertz CT molecular complexity index is 759. The molecule has 5 nitrogen and oxygen atoms in total. The summed E-state index contributed by atoms with van der Waals surface area (Å²) in [5, 5.41) is 15.7. The van der Waals surface area contributed by atoms with Gasteiger partial charge in [0.05, 0.1) is 16.3 Å². The van der Waals surface area contributed by atoms with Crippen molar-refractivity contribution < 1.29 is 9.63 Å². The van der Waals surface area contributed by atoms with Crippen molar-refractivity contribution in [1.29, 1.82) is 0 Å². The van der Waals surface area contributed by atoms with Crippen molar-refractivity contribution in [2.75, 3.05) is 0 Å². The summed E-state index contributed by atoms with van der Waals surface area (Å²) in [6, 6.07) is 4.05. The molecule has 0 spiro atoms. The molecular formula is C15H15N3O2S. The van der Waals surface area contributed by atoms with E-state index in [0.29, 0.717) is 11.7 Å². The zero-order chi connectivity index (χ0) is 14.2. The van der Waals surface area contributed by atoms with Crippen molar-refractivity contribution in [2.45, 2.75) is 37.7 Å². The molecule has 4 rings (SSSR count). The van der Waals surface area contributed by atoms with Crippen LogP contribution in [0.1, 0.15) is 37.5 Å². The second-order valence-corrected chi connectivity index (χ2v) is 6.44. The molecular weight excluding hydrogens is 286 g/mol. The fourth-order valence-corrected chi connectivity index (χ4v) is 3.59. The molecule has 3 heterocycles. The second-order valence-electron chi connectivity index (χ2n) is 5.49. The summed E-state index contributed by atoms with van der Waals surface area (Å²) < 4.78 is 6.54. The summed E-state index contributed by atoms with van der Waals surface area (Å²) in [5.74, 6) is 1.55. The van der Waals surface area contributed by atoms with E-state index in [1.54, 1.807) is 17.5 Å². The Labute approximate surface area is 125 Å². The lowest BCUT2D eigenvalue weighted by Crippen LogP contribution is -2.17. The molecule has 0 radical (unpaired) electrons. The minimum atomic E-state index is -0.172. The number of fused-ring (bicyclic) bond motifs is 1. The summed E-state index contributed by atoms with van der Waals surface area (Å²) in [7, 11) is 0. The number of hydrogen-bond donors (Lipinski definition) is 1. The number of aliphatic hydroxyl groups excluding tert-OH is 1. The van der Waals surface area contributed by atoms with E-state index < -0.39 is 0 Å². The number of hydrogen-bond acceptors (Lipinski definition) is 6. The Balaban J connectivity index is 1.61. The second kappa shape index (κ2) is 5.20. The van der Waals surface area contributed by atoms with Gasteiger partial charge in [0.2, 0.25) is 11.7 Å². The van der Waals surface area contributed by atoms with Gasteiger partial charge in [0.1, 0.15) is 0 Å². The minimum Gasteiger partial charge on any atom is -0.393 e. The first-order valence-electron chi connectivity index (χ1n) is 7.15. The summed E-state index contributed by atoms with van der Waals surface area (Å²) in [6.07, 6.45) is 5.05. The SMILES string of the molecule is OC1CCC(c2nc(-c3cnc4ccsc4c3)no2)CC1. The van der Waals surface area contributed by atoms with E-state index >= 15 is 0 Å². The molecule has 6 heteroatoms. The highest BCUT2D eigenvalue weighted by molar-refractivity contribution is 7.17. The maximum atomic E-state index is 9.56. The number of rotatable bonds is 2. The topological polar surface area (TPSA) is 72.0 Å². The predicted octanol–water partition coefficient (Wildman–Crippen LogP) is 3.36. The molecule has 0 aliphatic heterocycles. The lowest BCUT2D eigenvalue weighted by Gasteiger charge is -2.22. The Morgan fingerprint density at radius 3 is 2.95 bits per heavy atom. The van der Waals surface area contributed by atoms with Crippen LogP contribution in [0.5, 0.6) is 0 Å². The fourth-order valence-electron chi connectivity index (χ4n) is 2.81. The van der Waals surface area contributed by atoms with Crippen LogP contribution in [-0.4, -0.2) is 26.3 Å². The lowest BCUT2D eigenvalue weighted by molar-refractivity contribution is 0.116. The average Bonchev–Trinajstić information content (AvgIpc) is 3.16. The number of aromatic nitrogens is 3. The molecule has 0 saturated heterocycles. The van der Waals surface area contributed by atoms with E-state index in [9.17, 15) is 5.11 Å². The molecule has 0 amide bonds. The average molecular weight is 301 g/mol. The molecule has 0 unspecified atom stereocenters. The van der Waals surface area contributed by atoms with Gasteiger partial charge in [-0.1, -0.05) is 5.16 Å². The summed E-state index contributed by atoms with van der Waals surface area (Å²) in [4.78, 5) is 8.93. The van der Waals surface area contributed by atoms with Crippen LogP contribution in [0.25, 0.3) is 21.6 Å². The molecule has 0 aromatic carbocycles. The maximum Gasteiger partial charge on any atom is 0.230 e. The zero-order valence-electron chi connectivity index (χ0n) is 11.4. The highest BCUT2D eigenvalue weighted by Crippen LogP contribution is 2.33. The molecule has 3 aromatic rings. The number of nitrogens with zero attached hydrogens (tertiary/aromatic N) is 3. The third kappa shape index (κ3) is 2.45. The van der Waals surface area contributed by atoms with E-state index in [0.717, 1.165) is 41.5 Å². The van der Waals surface area contributed by atoms with E-state index in [2.05, 4.69) is 15.1 Å². The van der Waals surface area contributed by atoms with Gasteiger partial charge in [-0.2, -0.15) is 4.98 Å². The maximum absolute atomic E-state index is 9.56. The Hall–Kier alpha value is -1.79. The van der Waals surface area contributed by atoms with Gasteiger partial charge in [0.25, 0.3) is 0 Å². The summed E-state index contributed by atoms with van der Waals surface area (Å²) >= 11 is 1.65. The zero-order valence-corrected chi connectivity index (χ0v) is 12.2. The first-order valence-corrected chi connectivity index (χ1v) is 8.03. The van der Waals surface area contributed by atoms with Crippen LogP contribution in [0, 0.1) is 0 Å². The van der Waals surface area contributed by atoms with E-state index in [-0.39, 0.29) is 12.0 Å². The normalized spacial score (nSPS) is 22.7. The van der Waals surface area contributed by atoms with Gasteiger partial charge in [-0.15, -0.1) is 11.3 Å². The van der Waals surface area contributed by atoms with Gasteiger partial charge < -0.3 is 9.63 Å².